The Hall–Kier alpha value is -2.86. The van der Waals surface area contributed by atoms with Crippen molar-refractivity contribution in [1.29, 1.82) is 0 Å². The van der Waals surface area contributed by atoms with Gasteiger partial charge in [-0.1, -0.05) is 29.3 Å². The Bertz CT molecular complexity index is 1050. The van der Waals surface area contributed by atoms with Crippen LogP contribution >= 0.6 is 11.6 Å². The highest BCUT2D eigenvalue weighted by Gasteiger charge is 2.26. The first-order valence-electron chi connectivity index (χ1n) is 7.88. The number of nitrogens with zero attached hydrogens (tertiary/aromatic N) is 4. The van der Waals surface area contributed by atoms with Crippen LogP contribution in [0.25, 0.3) is 5.69 Å². The van der Waals surface area contributed by atoms with Crippen molar-refractivity contribution in [3.05, 3.63) is 80.1 Å². The van der Waals surface area contributed by atoms with Gasteiger partial charge in [-0.25, -0.2) is 14.2 Å². The van der Waals surface area contributed by atoms with Gasteiger partial charge in [0.05, 0.1) is 5.69 Å². The second kappa shape index (κ2) is 5.89. The van der Waals surface area contributed by atoms with Crippen LogP contribution in [0, 0.1) is 6.92 Å². The highest BCUT2D eigenvalue weighted by molar-refractivity contribution is 6.30. The lowest BCUT2D eigenvalue weighted by atomic mass is 10.2. The topological polar surface area (TPSA) is 60.1 Å². The van der Waals surface area contributed by atoms with Crippen LogP contribution in [-0.2, 0) is 6.54 Å². The summed E-state index contributed by atoms with van der Waals surface area (Å²) in [5, 5.41) is 0.538. The number of anilines is 2. The summed E-state index contributed by atoms with van der Waals surface area (Å²) in [4.78, 5) is 31.4. The third-order valence-electron chi connectivity index (χ3n) is 4.27. The number of halogens is 1. The van der Waals surface area contributed by atoms with Gasteiger partial charge in [0.25, 0.3) is 0 Å². The van der Waals surface area contributed by atoms with E-state index < -0.39 is 11.4 Å². The molecule has 3 aromatic rings. The molecule has 2 aromatic carbocycles. The number of hydrogen-bond acceptors (Lipinski definition) is 4. The first-order chi connectivity index (χ1) is 12.0. The molecule has 0 bridgehead atoms. The minimum absolute atomic E-state index is 0.379. The number of aryl methyl sites for hydroxylation is 1. The molecule has 0 spiro atoms. The molecular weight excluding hydrogens is 340 g/mol. The Morgan fingerprint density at radius 2 is 1.56 bits per heavy atom. The summed E-state index contributed by atoms with van der Waals surface area (Å²) in [5.74, 6) is 0.379. The van der Waals surface area contributed by atoms with Crippen LogP contribution in [-0.4, -0.2) is 20.7 Å². The summed E-state index contributed by atoms with van der Waals surface area (Å²) >= 11 is 5.88. The van der Waals surface area contributed by atoms with E-state index in [-0.39, 0.29) is 0 Å². The number of benzene rings is 2. The van der Waals surface area contributed by atoms with Crippen LogP contribution in [0.2, 0.25) is 5.02 Å². The molecule has 126 valence electrons. The zero-order chi connectivity index (χ0) is 17.6. The SMILES string of the molecule is Cc1ccc(N2CCn3c2nc(=O)n(-c2ccc(Cl)cc2)c3=O)cc1. The second-order valence-corrected chi connectivity index (χ2v) is 6.36. The summed E-state index contributed by atoms with van der Waals surface area (Å²) < 4.78 is 2.59. The fraction of sp³-hybridized carbons (Fsp3) is 0.167. The van der Waals surface area contributed by atoms with E-state index in [1.165, 1.54) is 4.57 Å². The Kier molecular flexibility index (Phi) is 3.69. The van der Waals surface area contributed by atoms with Gasteiger partial charge in [-0.2, -0.15) is 4.98 Å². The van der Waals surface area contributed by atoms with Crippen LogP contribution in [0.4, 0.5) is 11.6 Å². The average Bonchev–Trinajstić information content (AvgIpc) is 3.01. The molecule has 6 nitrogen and oxygen atoms in total. The molecule has 1 aromatic heterocycles. The van der Waals surface area contributed by atoms with E-state index in [1.54, 1.807) is 24.3 Å². The summed E-state index contributed by atoms with van der Waals surface area (Å²) in [6.45, 7) is 3.08. The van der Waals surface area contributed by atoms with Gasteiger partial charge < -0.3 is 4.90 Å². The maximum atomic E-state index is 12.8. The Morgan fingerprint density at radius 1 is 0.920 bits per heavy atom. The summed E-state index contributed by atoms with van der Waals surface area (Å²) in [5.41, 5.74) is 1.51. The molecular formula is C18H15ClN4O2. The molecule has 0 N–H and O–H groups in total. The highest BCUT2D eigenvalue weighted by Crippen LogP contribution is 2.26. The van der Waals surface area contributed by atoms with E-state index in [2.05, 4.69) is 4.98 Å². The van der Waals surface area contributed by atoms with E-state index >= 15 is 0 Å². The van der Waals surface area contributed by atoms with Gasteiger partial charge in [-0.3, -0.25) is 4.57 Å². The normalized spacial score (nSPS) is 13.1. The maximum Gasteiger partial charge on any atom is 0.359 e. The fourth-order valence-corrected chi connectivity index (χ4v) is 3.09. The van der Waals surface area contributed by atoms with Crippen molar-refractivity contribution in [2.24, 2.45) is 0 Å². The van der Waals surface area contributed by atoms with Crippen LogP contribution in [0.1, 0.15) is 5.56 Å². The molecule has 1 aliphatic rings. The van der Waals surface area contributed by atoms with Gasteiger partial charge in [0.1, 0.15) is 0 Å². The molecule has 0 unspecified atom stereocenters. The Morgan fingerprint density at radius 3 is 2.24 bits per heavy atom. The molecule has 0 saturated carbocycles. The van der Waals surface area contributed by atoms with Crippen molar-refractivity contribution in [3.63, 3.8) is 0 Å². The second-order valence-electron chi connectivity index (χ2n) is 5.93. The van der Waals surface area contributed by atoms with Gasteiger partial charge in [-0.15, -0.1) is 0 Å². The molecule has 25 heavy (non-hydrogen) atoms. The predicted octanol–water partition coefficient (Wildman–Crippen LogP) is 2.51. The van der Waals surface area contributed by atoms with E-state index in [9.17, 15) is 9.59 Å². The molecule has 4 rings (SSSR count). The standard InChI is InChI=1S/C18H15ClN4O2/c1-12-2-6-14(7-3-12)21-10-11-22-16(21)20-17(24)23(18(22)25)15-8-4-13(19)5-9-15/h2-9H,10-11H2,1H3. The lowest BCUT2D eigenvalue weighted by Crippen LogP contribution is -2.40. The first kappa shape index (κ1) is 15.7. The third kappa shape index (κ3) is 2.64. The van der Waals surface area contributed by atoms with Crippen molar-refractivity contribution < 1.29 is 0 Å². The van der Waals surface area contributed by atoms with Gasteiger partial charge in [0, 0.05) is 23.8 Å². The number of rotatable bonds is 2. The van der Waals surface area contributed by atoms with Crippen LogP contribution in [0.3, 0.4) is 0 Å². The van der Waals surface area contributed by atoms with E-state index in [1.807, 2.05) is 36.1 Å². The zero-order valence-corrected chi connectivity index (χ0v) is 14.3. The van der Waals surface area contributed by atoms with Gasteiger partial charge in [-0.05, 0) is 43.3 Å². The largest absolute Gasteiger partial charge is 0.359 e. The molecule has 2 heterocycles. The Balaban J connectivity index is 1.84. The first-order valence-corrected chi connectivity index (χ1v) is 8.26. The number of fused-ring (bicyclic) bond motifs is 1. The summed E-state index contributed by atoms with van der Waals surface area (Å²) in [7, 11) is 0. The molecule has 1 aliphatic heterocycles. The van der Waals surface area contributed by atoms with Gasteiger partial charge in [0.2, 0.25) is 5.95 Å². The van der Waals surface area contributed by atoms with Crippen molar-refractivity contribution in [2.75, 3.05) is 11.4 Å². The maximum absolute atomic E-state index is 12.8. The molecule has 0 amide bonds. The molecule has 0 saturated heterocycles. The molecule has 7 heteroatoms. The van der Waals surface area contributed by atoms with Crippen molar-refractivity contribution >= 4 is 23.2 Å². The summed E-state index contributed by atoms with van der Waals surface area (Å²) in [6.07, 6.45) is 0. The lowest BCUT2D eigenvalue weighted by molar-refractivity contribution is 0.672. The molecule has 0 aliphatic carbocycles. The van der Waals surface area contributed by atoms with Crippen molar-refractivity contribution in [3.8, 4) is 5.69 Å². The van der Waals surface area contributed by atoms with Crippen molar-refractivity contribution in [2.45, 2.75) is 13.5 Å². The molecule has 0 radical (unpaired) electrons. The number of aromatic nitrogens is 3. The van der Waals surface area contributed by atoms with E-state index in [0.29, 0.717) is 29.7 Å². The Labute approximate surface area is 148 Å². The van der Waals surface area contributed by atoms with Crippen molar-refractivity contribution in [1.82, 2.24) is 14.1 Å². The highest BCUT2D eigenvalue weighted by atomic mass is 35.5. The van der Waals surface area contributed by atoms with Crippen LogP contribution < -0.4 is 16.3 Å². The molecule has 0 fully saturated rings. The van der Waals surface area contributed by atoms with Crippen LogP contribution in [0.15, 0.2) is 58.1 Å². The smallest absolute Gasteiger partial charge is 0.310 e. The van der Waals surface area contributed by atoms with Crippen LogP contribution in [0.5, 0.6) is 0 Å². The number of hydrogen-bond donors (Lipinski definition) is 0. The fourth-order valence-electron chi connectivity index (χ4n) is 2.97. The third-order valence-corrected chi connectivity index (χ3v) is 4.52. The predicted molar refractivity (Wildman–Crippen MR) is 97.3 cm³/mol. The minimum Gasteiger partial charge on any atom is -0.310 e. The quantitative estimate of drug-likeness (QED) is 0.709. The minimum atomic E-state index is -0.599. The average molecular weight is 355 g/mol. The zero-order valence-electron chi connectivity index (χ0n) is 13.5. The lowest BCUT2D eigenvalue weighted by Gasteiger charge is -2.17. The van der Waals surface area contributed by atoms with E-state index in [0.717, 1.165) is 15.8 Å². The monoisotopic (exact) mass is 354 g/mol. The van der Waals surface area contributed by atoms with E-state index in [4.69, 9.17) is 11.6 Å². The van der Waals surface area contributed by atoms with Gasteiger partial charge >= 0.3 is 11.4 Å². The van der Waals surface area contributed by atoms with Gasteiger partial charge in [0.15, 0.2) is 0 Å². The summed E-state index contributed by atoms with van der Waals surface area (Å²) in [6, 6.07) is 14.4. The molecule has 0 atom stereocenters.